The molecule has 2 aromatic rings. The van der Waals surface area contributed by atoms with Gasteiger partial charge in [0.15, 0.2) is 0 Å². The molecule has 2 fully saturated rings. The molecular weight excluding hydrogens is 516 g/mol. The third-order valence-electron chi connectivity index (χ3n) is 7.34. The van der Waals surface area contributed by atoms with E-state index in [1.807, 2.05) is 35.2 Å². The van der Waals surface area contributed by atoms with Crippen LogP contribution in [0.3, 0.4) is 0 Å². The van der Waals surface area contributed by atoms with Crippen molar-refractivity contribution < 1.29 is 9.53 Å². The summed E-state index contributed by atoms with van der Waals surface area (Å²) in [7, 11) is 0. The Balaban J connectivity index is 1.34. The predicted octanol–water partition coefficient (Wildman–Crippen LogP) is 5.51. The summed E-state index contributed by atoms with van der Waals surface area (Å²) in [5.41, 5.74) is 2.49. The summed E-state index contributed by atoms with van der Waals surface area (Å²) in [6.07, 6.45) is 1.48. The first-order valence-corrected chi connectivity index (χ1v) is 13.2. The smallest absolute Gasteiger partial charge is 0.237 e. The van der Waals surface area contributed by atoms with E-state index >= 15 is 0 Å². The van der Waals surface area contributed by atoms with Gasteiger partial charge in [-0.1, -0.05) is 52.5 Å². The fourth-order valence-corrected chi connectivity index (χ4v) is 6.03. The number of nitrogens with zero attached hydrogens (tertiary/aromatic N) is 3. The van der Waals surface area contributed by atoms with Crippen molar-refractivity contribution in [1.29, 1.82) is 0 Å². The van der Waals surface area contributed by atoms with Gasteiger partial charge < -0.3 is 9.64 Å². The molecule has 1 amide bonds. The lowest BCUT2D eigenvalue weighted by molar-refractivity contribution is -0.125. The normalized spacial score (nSPS) is 20.8. The lowest BCUT2D eigenvalue weighted by atomic mass is 9.73. The fraction of sp³-hybridized carbons (Fsp3) is 0.480. The first kappa shape index (κ1) is 24.6. The summed E-state index contributed by atoms with van der Waals surface area (Å²) in [4.78, 5) is 20.6. The van der Waals surface area contributed by atoms with Crippen molar-refractivity contribution in [3.8, 4) is 0 Å². The zero-order chi connectivity index (χ0) is 23.9. The van der Waals surface area contributed by atoms with Crippen LogP contribution in [0.2, 0.25) is 20.1 Å². The third-order valence-corrected chi connectivity index (χ3v) is 8.80. The Bertz CT molecular complexity index is 1080. The van der Waals surface area contributed by atoms with Gasteiger partial charge in [0.05, 0.1) is 38.7 Å². The van der Waals surface area contributed by atoms with Gasteiger partial charge in [0.25, 0.3) is 0 Å². The fourth-order valence-electron chi connectivity index (χ4n) is 5.39. The van der Waals surface area contributed by atoms with Gasteiger partial charge in [0.1, 0.15) is 0 Å². The summed E-state index contributed by atoms with van der Waals surface area (Å²) in [5, 5.41) is 2.11. The van der Waals surface area contributed by atoms with Gasteiger partial charge in [0.2, 0.25) is 5.91 Å². The average Bonchev–Trinajstić information content (AvgIpc) is 3.04. The molecule has 0 bridgehead atoms. The highest BCUT2D eigenvalue weighted by Gasteiger charge is 2.52. The van der Waals surface area contributed by atoms with Crippen molar-refractivity contribution in [1.82, 2.24) is 9.80 Å². The minimum absolute atomic E-state index is 0.170. The number of piperidine rings is 1. The topological polar surface area (TPSA) is 36.0 Å². The first-order chi connectivity index (χ1) is 16.4. The molecule has 2 aromatic carbocycles. The number of benzene rings is 2. The Morgan fingerprint density at radius 3 is 2.18 bits per heavy atom. The Morgan fingerprint density at radius 1 is 0.794 bits per heavy atom. The molecule has 0 saturated carbocycles. The summed E-state index contributed by atoms with van der Waals surface area (Å²) >= 11 is 25.1. The molecule has 3 aliphatic heterocycles. The van der Waals surface area contributed by atoms with E-state index in [2.05, 4.69) is 9.80 Å². The molecule has 2 saturated heterocycles. The van der Waals surface area contributed by atoms with Crippen LogP contribution >= 0.6 is 46.4 Å². The van der Waals surface area contributed by atoms with Crippen LogP contribution in [0.4, 0.5) is 5.69 Å². The zero-order valence-corrected chi connectivity index (χ0v) is 21.9. The Kier molecular flexibility index (Phi) is 7.34. The van der Waals surface area contributed by atoms with Crippen LogP contribution < -0.4 is 4.90 Å². The number of anilines is 1. The Hall–Kier alpha value is -1.05. The molecule has 0 aliphatic carbocycles. The molecule has 182 valence electrons. The van der Waals surface area contributed by atoms with E-state index in [9.17, 15) is 4.79 Å². The number of hydrogen-bond acceptors (Lipinski definition) is 4. The summed E-state index contributed by atoms with van der Waals surface area (Å²) in [5.74, 6) is 0.170. The van der Waals surface area contributed by atoms with E-state index in [1.165, 1.54) is 0 Å². The third kappa shape index (κ3) is 4.69. The molecular formula is C25H27Cl4N3O2. The van der Waals surface area contributed by atoms with Gasteiger partial charge >= 0.3 is 0 Å². The number of halogens is 4. The highest BCUT2D eigenvalue weighted by molar-refractivity contribution is 6.42. The number of likely N-dealkylation sites (tertiary alicyclic amines) is 1. The van der Waals surface area contributed by atoms with Gasteiger partial charge in [0, 0.05) is 38.4 Å². The number of morpholine rings is 1. The second kappa shape index (κ2) is 10.1. The standard InChI is InChI=1S/C25H27Cl4N3O2/c26-19-2-1-17(13-20(19)27)16-31-5-3-25(4-6-31)18-14-21(28)22(29)15-23(18)32(24(25)33)8-7-30-9-11-34-12-10-30/h1-2,13-15H,3-12,16H2. The minimum atomic E-state index is -0.553. The Morgan fingerprint density at radius 2 is 1.47 bits per heavy atom. The minimum Gasteiger partial charge on any atom is -0.379 e. The Labute approximate surface area is 220 Å². The van der Waals surface area contributed by atoms with Gasteiger partial charge in [-0.25, -0.2) is 0 Å². The monoisotopic (exact) mass is 541 g/mol. The molecule has 3 aliphatic rings. The molecule has 5 nitrogen and oxygen atoms in total. The van der Waals surface area contributed by atoms with E-state index in [4.69, 9.17) is 51.1 Å². The van der Waals surface area contributed by atoms with Crippen molar-refractivity contribution in [2.75, 3.05) is 57.4 Å². The quantitative estimate of drug-likeness (QED) is 0.499. The summed E-state index contributed by atoms with van der Waals surface area (Å²) in [6, 6.07) is 9.54. The molecule has 0 radical (unpaired) electrons. The number of amides is 1. The second-order valence-corrected chi connectivity index (χ2v) is 10.9. The van der Waals surface area contributed by atoms with Crippen LogP contribution in [0.25, 0.3) is 0 Å². The van der Waals surface area contributed by atoms with Crippen molar-refractivity contribution in [2.45, 2.75) is 24.8 Å². The van der Waals surface area contributed by atoms with Crippen LogP contribution in [-0.4, -0.2) is 68.2 Å². The van der Waals surface area contributed by atoms with Gasteiger partial charge in [-0.2, -0.15) is 0 Å². The van der Waals surface area contributed by atoms with E-state index < -0.39 is 5.41 Å². The second-order valence-electron chi connectivity index (χ2n) is 9.30. The molecule has 0 atom stereocenters. The zero-order valence-electron chi connectivity index (χ0n) is 18.8. The van der Waals surface area contributed by atoms with Gasteiger partial charge in [-0.15, -0.1) is 0 Å². The number of rotatable bonds is 5. The maximum absolute atomic E-state index is 13.9. The SMILES string of the molecule is O=C1N(CCN2CCOCC2)c2cc(Cl)c(Cl)cc2C12CCN(Cc1ccc(Cl)c(Cl)c1)CC2. The van der Waals surface area contributed by atoms with Gasteiger partial charge in [-0.3, -0.25) is 14.6 Å². The number of ether oxygens (including phenoxy) is 1. The van der Waals surface area contributed by atoms with E-state index in [0.29, 0.717) is 26.6 Å². The van der Waals surface area contributed by atoms with Crippen LogP contribution in [0.1, 0.15) is 24.0 Å². The van der Waals surface area contributed by atoms with Crippen molar-refractivity contribution in [3.63, 3.8) is 0 Å². The van der Waals surface area contributed by atoms with Crippen molar-refractivity contribution in [3.05, 3.63) is 61.5 Å². The molecule has 3 heterocycles. The molecule has 0 unspecified atom stereocenters. The lowest BCUT2D eigenvalue weighted by Gasteiger charge is -2.38. The average molecular weight is 543 g/mol. The predicted molar refractivity (Wildman–Crippen MR) is 139 cm³/mol. The van der Waals surface area contributed by atoms with E-state index in [-0.39, 0.29) is 5.91 Å². The van der Waals surface area contributed by atoms with Crippen LogP contribution in [0, 0.1) is 0 Å². The maximum Gasteiger partial charge on any atom is 0.237 e. The maximum atomic E-state index is 13.9. The first-order valence-electron chi connectivity index (χ1n) is 11.7. The number of hydrogen-bond donors (Lipinski definition) is 0. The van der Waals surface area contributed by atoms with E-state index in [0.717, 1.165) is 82.1 Å². The van der Waals surface area contributed by atoms with Crippen molar-refractivity contribution in [2.24, 2.45) is 0 Å². The number of carbonyl (C=O) groups excluding carboxylic acids is 1. The lowest BCUT2D eigenvalue weighted by Crippen LogP contribution is -2.50. The highest BCUT2D eigenvalue weighted by Crippen LogP contribution is 2.50. The molecule has 34 heavy (non-hydrogen) atoms. The molecule has 0 aromatic heterocycles. The van der Waals surface area contributed by atoms with Crippen LogP contribution in [-0.2, 0) is 21.5 Å². The van der Waals surface area contributed by atoms with Crippen LogP contribution in [0.5, 0.6) is 0 Å². The number of fused-ring (bicyclic) bond motifs is 2. The molecule has 5 rings (SSSR count). The summed E-state index contributed by atoms with van der Waals surface area (Å²) in [6.45, 7) is 7.11. The van der Waals surface area contributed by atoms with E-state index in [1.54, 1.807) is 0 Å². The largest absolute Gasteiger partial charge is 0.379 e. The molecule has 9 heteroatoms. The van der Waals surface area contributed by atoms with Crippen LogP contribution in [0.15, 0.2) is 30.3 Å². The van der Waals surface area contributed by atoms with Crippen molar-refractivity contribution >= 4 is 58.0 Å². The highest BCUT2D eigenvalue weighted by atomic mass is 35.5. The molecule has 0 N–H and O–H groups in total. The summed E-state index contributed by atoms with van der Waals surface area (Å²) < 4.78 is 5.46. The number of carbonyl (C=O) groups is 1. The van der Waals surface area contributed by atoms with Gasteiger partial charge in [-0.05, 0) is 61.3 Å². The molecule has 1 spiro atoms.